The molecule has 1 aliphatic carbocycles. The van der Waals surface area contributed by atoms with E-state index in [0.29, 0.717) is 11.6 Å². The van der Waals surface area contributed by atoms with E-state index in [1.807, 2.05) is 24.3 Å². The summed E-state index contributed by atoms with van der Waals surface area (Å²) in [5, 5.41) is 8.85. The van der Waals surface area contributed by atoms with Crippen LogP contribution in [0.3, 0.4) is 0 Å². The standard InChI is InChI=1S/C15H15NO4/c1-9-16-14-12(20-9)7-6-10-4-2-3-5-11(10)15(14)19-8-13(17)18/h2-5,15H,6-8H2,1H3,(H,17,18). The predicted molar refractivity (Wildman–Crippen MR) is 70.5 cm³/mol. The number of fused-ring (bicyclic) bond motifs is 2. The molecule has 0 aliphatic heterocycles. The predicted octanol–water partition coefficient (Wildman–Crippen LogP) is 2.27. The number of rotatable bonds is 3. The van der Waals surface area contributed by atoms with Crippen LogP contribution in [0.15, 0.2) is 28.7 Å². The Balaban J connectivity index is 2.05. The summed E-state index contributed by atoms with van der Waals surface area (Å²) in [7, 11) is 0. The average molecular weight is 273 g/mol. The van der Waals surface area contributed by atoms with Crippen molar-refractivity contribution in [3.63, 3.8) is 0 Å². The number of aromatic nitrogens is 1. The largest absolute Gasteiger partial charge is 0.480 e. The Bertz CT molecular complexity index is 647. The Hall–Kier alpha value is -2.14. The summed E-state index contributed by atoms with van der Waals surface area (Å²) in [6.45, 7) is 1.43. The van der Waals surface area contributed by atoms with E-state index >= 15 is 0 Å². The Morgan fingerprint density at radius 2 is 2.25 bits per heavy atom. The first-order valence-electron chi connectivity index (χ1n) is 6.52. The zero-order chi connectivity index (χ0) is 14.1. The van der Waals surface area contributed by atoms with Gasteiger partial charge in [-0.3, -0.25) is 0 Å². The van der Waals surface area contributed by atoms with Gasteiger partial charge in [-0.1, -0.05) is 24.3 Å². The average Bonchev–Trinajstić information content (AvgIpc) is 2.72. The summed E-state index contributed by atoms with van der Waals surface area (Å²) in [4.78, 5) is 15.2. The molecule has 3 rings (SSSR count). The van der Waals surface area contributed by atoms with Crippen LogP contribution in [0.4, 0.5) is 0 Å². The monoisotopic (exact) mass is 273 g/mol. The van der Waals surface area contributed by atoms with Crippen LogP contribution in [0.2, 0.25) is 0 Å². The zero-order valence-corrected chi connectivity index (χ0v) is 11.1. The molecule has 0 fully saturated rings. The molecule has 0 bridgehead atoms. The third-order valence-corrected chi connectivity index (χ3v) is 3.42. The lowest BCUT2D eigenvalue weighted by molar-refractivity contribution is -0.143. The molecule has 1 atom stereocenters. The van der Waals surface area contributed by atoms with Gasteiger partial charge in [0, 0.05) is 13.3 Å². The van der Waals surface area contributed by atoms with Crippen LogP contribution in [-0.4, -0.2) is 22.7 Å². The number of carboxylic acid groups (broad SMARTS) is 1. The summed E-state index contributed by atoms with van der Waals surface area (Å²) < 4.78 is 11.2. The highest BCUT2D eigenvalue weighted by Gasteiger charge is 2.29. The van der Waals surface area contributed by atoms with Crippen molar-refractivity contribution in [3.05, 3.63) is 52.7 Å². The van der Waals surface area contributed by atoms with Crippen molar-refractivity contribution < 1.29 is 19.1 Å². The second-order valence-corrected chi connectivity index (χ2v) is 4.82. The molecule has 1 aromatic carbocycles. The van der Waals surface area contributed by atoms with E-state index < -0.39 is 12.1 Å². The first-order chi connectivity index (χ1) is 9.65. The van der Waals surface area contributed by atoms with Crippen molar-refractivity contribution in [2.45, 2.75) is 25.9 Å². The minimum absolute atomic E-state index is 0.357. The second kappa shape index (κ2) is 5.09. The molecule has 1 heterocycles. The Morgan fingerprint density at radius 1 is 1.45 bits per heavy atom. The maximum Gasteiger partial charge on any atom is 0.329 e. The SMILES string of the molecule is Cc1nc2c(o1)CCc1ccccc1C2OCC(=O)O. The molecule has 104 valence electrons. The third-order valence-electron chi connectivity index (χ3n) is 3.42. The number of aryl methyl sites for hydroxylation is 3. The van der Waals surface area contributed by atoms with Crippen molar-refractivity contribution in [3.8, 4) is 0 Å². The van der Waals surface area contributed by atoms with Crippen LogP contribution in [0, 0.1) is 6.92 Å². The van der Waals surface area contributed by atoms with Gasteiger partial charge in [0.1, 0.15) is 24.2 Å². The highest BCUT2D eigenvalue weighted by Crippen LogP contribution is 2.34. The van der Waals surface area contributed by atoms with Crippen molar-refractivity contribution in [1.82, 2.24) is 4.98 Å². The van der Waals surface area contributed by atoms with Crippen LogP contribution >= 0.6 is 0 Å². The summed E-state index contributed by atoms with van der Waals surface area (Å²) in [5.74, 6) is 0.376. The minimum Gasteiger partial charge on any atom is -0.480 e. The molecule has 20 heavy (non-hydrogen) atoms. The Kier molecular flexibility index (Phi) is 3.28. The van der Waals surface area contributed by atoms with Crippen molar-refractivity contribution in [2.24, 2.45) is 0 Å². The Morgan fingerprint density at radius 3 is 3.05 bits per heavy atom. The van der Waals surface area contributed by atoms with Crippen molar-refractivity contribution in [1.29, 1.82) is 0 Å². The Labute approximate surface area is 116 Å². The lowest BCUT2D eigenvalue weighted by Crippen LogP contribution is -2.14. The van der Waals surface area contributed by atoms with E-state index in [9.17, 15) is 4.79 Å². The minimum atomic E-state index is -0.992. The van der Waals surface area contributed by atoms with E-state index in [0.717, 1.165) is 29.7 Å². The number of hydrogen-bond donors (Lipinski definition) is 1. The lowest BCUT2D eigenvalue weighted by Gasteiger charge is -2.16. The van der Waals surface area contributed by atoms with E-state index in [2.05, 4.69) is 4.98 Å². The van der Waals surface area contributed by atoms with E-state index in [1.54, 1.807) is 6.92 Å². The fourth-order valence-electron chi connectivity index (χ4n) is 2.61. The molecule has 0 amide bonds. The highest BCUT2D eigenvalue weighted by molar-refractivity contribution is 5.68. The van der Waals surface area contributed by atoms with Gasteiger partial charge in [0.15, 0.2) is 5.89 Å². The van der Waals surface area contributed by atoms with Crippen LogP contribution < -0.4 is 0 Å². The first-order valence-corrected chi connectivity index (χ1v) is 6.52. The molecule has 1 unspecified atom stereocenters. The maximum atomic E-state index is 10.8. The van der Waals surface area contributed by atoms with Crippen LogP contribution in [0.25, 0.3) is 0 Å². The number of oxazole rings is 1. The summed E-state index contributed by atoms with van der Waals surface area (Å²) in [6.07, 6.45) is 1.11. The maximum absolute atomic E-state index is 10.8. The quantitative estimate of drug-likeness (QED) is 0.928. The number of hydrogen-bond acceptors (Lipinski definition) is 4. The van der Waals surface area contributed by atoms with Gasteiger partial charge >= 0.3 is 5.97 Å². The van der Waals surface area contributed by atoms with Crippen molar-refractivity contribution >= 4 is 5.97 Å². The first kappa shape index (κ1) is 12.9. The number of carboxylic acids is 1. The molecule has 1 aliphatic rings. The molecule has 5 nitrogen and oxygen atoms in total. The molecular formula is C15H15NO4. The van der Waals surface area contributed by atoms with Gasteiger partial charge in [-0.25, -0.2) is 9.78 Å². The summed E-state index contributed by atoms with van der Waals surface area (Å²) in [6, 6.07) is 7.89. The highest BCUT2D eigenvalue weighted by atomic mass is 16.5. The fourth-order valence-corrected chi connectivity index (χ4v) is 2.61. The molecule has 1 N–H and O–H groups in total. The van der Waals surface area contributed by atoms with Gasteiger partial charge in [0.2, 0.25) is 0 Å². The molecule has 1 aromatic heterocycles. The number of nitrogens with zero attached hydrogens (tertiary/aromatic N) is 1. The van der Waals surface area contributed by atoms with Gasteiger partial charge in [-0.2, -0.15) is 0 Å². The molecule has 5 heteroatoms. The normalized spacial score (nSPS) is 17.1. The molecule has 0 saturated heterocycles. The molecule has 0 saturated carbocycles. The molecular weight excluding hydrogens is 258 g/mol. The number of aliphatic carboxylic acids is 1. The lowest BCUT2D eigenvalue weighted by atomic mass is 10.0. The second-order valence-electron chi connectivity index (χ2n) is 4.82. The fraction of sp³-hybridized carbons (Fsp3) is 0.333. The number of ether oxygens (including phenoxy) is 1. The third kappa shape index (κ3) is 2.32. The summed E-state index contributed by atoms with van der Waals surface area (Å²) >= 11 is 0. The van der Waals surface area contributed by atoms with E-state index in [1.165, 1.54) is 0 Å². The van der Waals surface area contributed by atoms with Crippen LogP contribution in [0.1, 0.15) is 34.6 Å². The van der Waals surface area contributed by atoms with E-state index in [4.69, 9.17) is 14.3 Å². The van der Waals surface area contributed by atoms with E-state index in [-0.39, 0.29) is 6.61 Å². The van der Waals surface area contributed by atoms with Crippen LogP contribution in [0.5, 0.6) is 0 Å². The summed E-state index contributed by atoms with van der Waals surface area (Å²) in [5.41, 5.74) is 2.82. The van der Waals surface area contributed by atoms with Gasteiger partial charge in [-0.15, -0.1) is 0 Å². The van der Waals surface area contributed by atoms with Gasteiger partial charge in [0.05, 0.1) is 0 Å². The molecule has 0 spiro atoms. The van der Waals surface area contributed by atoms with Gasteiger partial charge in [-0.05, 0) is 17.5 Å². The number of carbonyl (C=O) groups is 1. The topological polar surface area (TPSA) is 72.6 Å². The smallest absolute Gasteiger partial charge is 0.329 e. The van der Waals surface area contributed by atoms with Crippen molar-refractivity contribution in [2.75, 3.05) is 6.61 Å². The molecule has 0 radical (unpaired) electrons. The van der Waals surface area contributed by atoms with Crippen LogP contribution in [-0.2, 0) is 22.4 Å². The zero-order valence-electron chi connectivity index (χ0n) is 11.1. The number of benzene rings is 1. The van der Waals surface area contributed by atoms with Gasteiger partial charge < -0.3 is 14.3 Å². The van der Waals surface area contributed by atoms with Gasteiger partial charge in [0.25, 0.3) is 0 Å². The molecule has 2 aromatic rings.